The average molecular weight is 210 g/mol. The van der Waals surface area contributed by atoms with Crippen LogP contribution in [0.2, 0.25) is 0 Å². The van der Waals surface area contributed by atoms with Gasteiger partial charge in [0, 0.05) is 18.5 Å². The number of rotatable bonds is 4. The lowest BCUT2D eigenvalue weighted by atomic mass is 10.3. The van der Waals surface area contributed by atoms with Gasteiger partial charge in [-0.2, -0.15) is 0 Å². The molecule has 0 aliphatic heterocycles. The first-order chi connectivity index (χ1) is 6.81. The number of aromatic nitrogens is 1. The third-order valence-corrected chi connectivity index (χ3v) is 3.08. The fourth-order valence-corrected chi connectivity index (χ4v) is 1.97. The van der Waals surface area contributed by atoms with Crippen LogP contribution in [0.5, 0.6) is 0 Å². The minimum atomic E-state index is 0.0839. The molecule has 0 N–H and O–H groups in total. The number of nitrogens with zero attached hydrogens (tertiary/aromatic N) is 2. The van der Waals surface area contributed by atoms with E-state index in [1.165, 1.54) is 24.2 Å². The Morgan fingerprint density at radius 2 is 2.50 bits per heavy atom. The molecule has 0 unspecified atom stereocenters. The van der Waals surface area contributed by atoms with E-state index < -0.39 is 0 Å². The largest absolute Gasteiger partial charge is 0.337 e. The minimum Gasteiger partial charge on any atom is -0.337 e. The molecule has 1 amide bonds. The van der Waals surface area contributed by atoms with Crippen molar-refractivity contribution in [3.05, 3.63) is 16.6 Å². The molecule has 0 radical (unpaired) electrons. The van der Waals surface area contributed by atoms with Crippen LogP contribution in [0.3, 0.4) is 0 Å². The summed E-state index contributed by atoms with van der Waals surface area (Å²) in [4.78, 5) is 17.8. The van der Waals surface area contributed by atoms with Crippen molar-refractivity contribution in [1.82, 2.24) is 9.88 Å². The van der Waals surface area contributed by atoms with Crippen LogP contribution in [0, 0.1) is 5.92 Å². The van der Waals surface area contributed by atoms with Crippen LogP contribution in [0.1, 0.15) is 30.3 Å². The quantitative estimate of drug-likeness (QED) is 0.761. The molecule has 1 heterocycles. The van der Waals surface area contributed by atoms with Crippen molar-refractivity contribution in [2.45, 2.75) is 19.8 Å². The molecule has 0 spiro atoms. The number of carbonyl (C=O) groups excluding carboxylic acids is 1. The van der Waals surface area contributed by atoms with Crippen molar-refractivity contribution >= 4 is 17.2 Å². The van der Waals surface area contributed by atoms with E-state index in [4.69, 9.17) is 0 Å². The Kier molecular flexibility index (Phi) is 2.82. The van der Waals surface area contributed by atoms with Crippen molar-refractivity contribution in [3.8, 4) is 0 Å². The van der Waals surface area contributed by atoms with Gasteiger partial charge in [-0.05, 0) is 25.7 Å². The van der Waals surface area contributed by atoms with Crippen molar-refractivity contribution in [2.75, 3.05) is 13.1 Å². The van der Waals surface area contributed by atoms with Gasteiger partial charge in [0.05, 0.1) is 5.51 Å². The maximum absolute atomic E-state index is 11.9. The smallest absolute Gasteiger partial charge is 0.273 e. The second kappa shape index (κ2) is 4.09. The molecule has 1 aliphatic carbocycles. The van der Waals surface area contributed by atoms with Gasteiger partial charge in [-0.15, -0.1) is 11.3 Å². The third-order valence-electron chi connectivity index (χ3n) is 2.50. The first-order valence-corrected chi connectivity index (χ1v) is 5.93. The number of hydrogen-bond donors (Lipinski definition) is 0. The van der Waals surface area contributed by atoms with Crippen LogP contribution in [0.4, 0.5) is 0 Å². The Bertz CT molecular complexity index is 306. The van der Waals surface area contributed by atoms with Gasteiger partial charge in [-0.3, -0.25) is 4.79 Å². The molecule has 3 nitrogen and oxygen atoms in total. The summed E-state index contributed by atoms with van der Waals surface area (Å²) in [7, 11) is 0. The average Bonchev–Trinajstić information content (AvgIpc) is 2.84. The van der Waals surface area contributed by atoms with Crippen molar-refractivity contribution in [1.29, 1.82) is 0 Å². The lowest BCUT2D eigenvalue weighted by molar-refractivity contribution is 0.0752. The zero-order valence-corrected chi connectivity index (χ0v) is 9.09. The molecule has 1 aromatic rings. The Morgan fingerprint density at radius 1 is 1.71 bits per heavy atom. The maximum atomic E-state index is 11.9. The summed E-state index contributed by atoms with van der Waals surface area (Å²) in [5.41, 5.74) is 2.30. The van der Waals surface area contributed by atoms with Gasteiger partial charge in [-0.25, -0.2) is 4.98 Å². The highest BCUT2D eigenvalue weighted by Crippen LogP contribution is 2.30. The van der Waals surface area contributed by atoms with Crippen LogP contribution in [-0.4, -0.2) is 28.9 Å². The predicted molar refractivity (Wildman–Crippen MR) is 56.4 cm³/mol. The number of hydrogen-bond acceptors (Lipinski definition) is 3. The van der Waals surface area contributed by atoms with Crippen LogP contribution in [0.25, 0.3) is 0 Å². The second-order valence-electron chi connectivity index (χ2n) is 3.66. The first-order valence-electron chi connectivity index (χ1n) is 4.98. The molecule has 1 saturated carbocycles. The zero-order valence-electron chi connectivity index (χ0n) is 8.27. The van der Waals surface area contributed by atoms with Crippen LogP contribution in [-0.2, 0) is 0 Å². The molecule has 14 heavy (non-hydrogen) atoms. The lowest BCUT2D eigenvalue weighted by Gasteiger charge is -2.19. The number of amides is 1. The van der Waals surface area contributed by atoms with E-state index in [2.05, 4.69) is 4.98 Å². The molecule has 1 aromatic heterocycles. The van der Waals surface area contributed by atoms with Crippen LogP contribution < -0.4 is 0 Å². The molecule has 4 heteroatoms. The summed E-state index contributed by atoms with van der Waals surface area (Å²) in [5, 5.41) is 1.82. The summed E-state index contributed by atoms with van der Waals surface area (Å²) >= 11 is 1.47. The number of carbonyl (C=O) groups is 1. The number of thiazole rings is 1. The molecule has 1 fully saturated rings. The third kappa shape index (κ3) is 2.12. The summed E-state index contributed by atoms with van der Waals surface area (Å²) in [6.45, 7) is 3.71. The fraction of sp³-hybridized carbons (Fsp3) is 0.600. The van der Waals surface area contributed by atoms with Gasteiger partial charge in [0.1, 0.15) is 5.69 Å². The van der Waals surface area contributed by atoms with Gasteiger partial charge in [0.2, 0.25) is 0 Å². The molecule has 0 atom stereocenters. The first kappa shape index (κ1) is 9.65. The standard InChI is InChI=1S/C10H14N2OS/c1-2-12(5-8-3-4-8)10(13)9-6-14-7-11-9/h6-8H,2-5H2,1H3. The van der Waals surface area contributed by atoms with Crippen LogP contribution in [0.15, 0.2) is 10.9 Å². The van der Waals surface area contributed by atoms with Gasteiger partial charge >= 0.3 is 0 Å². The highest BCUT2D eigenvalue weighted by Gasteiger charge is 2.26. The van der Waals surface area contributed by atoms with Gasteiger partial charge in [-0.1, -0.05) is 0 Å². The molecule has 0 aromatic carbocycles. The van der Waals surface area contributed by atoms with E-state index in [0.29, 0.717) is 5.69 Å². The van der Waals surface area contributed by atoms with E-state index in [9.17, 15) is 4.79 Å². The summed E-state index contributed by atoms with van der Waals surface area (Å²) in [5.74, 6) is 0.832. The molecule has 1 aliphatic rings. The Hall–Kier alpha value is -0.900. The molecular formula is C10H14N2OS. The van der Waals surface area contributed by atoms with E-state index in [1.54, 1.807) is 5.51 Å². The Labute approximate surface area is 87.8 Å². The van der Waals surface area contributed by atoms with Gasteiger partial charge in [0.15, 0.2) is 0 Å². The highest BCUT2D eigenvalue weighted by atomic mass is 32.1. The summed E-state index contributed by atoms with van der Waals surface area (Å²) in [6.07, 6.45) is 2.56. The van der Waals surface area contributed by atoms with E-state index >= 15 is 0 Å². The lowest BCUT2D eigenvalue weighted by Crippen LogP contribution is -2.32. The summed E-state index contributed by atoms with van der Waals surface area (Å²) in [6, 6.07) is 0. The topological polar surface area (TPSA) is 33.2 Å². The zero-order chi connectivity index (χ0) is 9.97. The van der Waals surface area contributed by atoms with E-state index in [0.717, 1.165) is 19.0 Å². The fourth-order valence-electron chi connectivity index (χ4n) is 1.45. The van der Waals surface area contributed by atoms with Gasteiger partial charge < -0.3 is 4.90 Å². The molecule has 76 valence electrons. The van der Waals surface area contributed by atoms with Crippen molar-refractivity contribution in [3.63, 3.8) is 0 Å². The van der Waals surface area contributed by atoms with E-state index in [-0.39, 0.29) is 5.91 Å². The molecule has 2 rings (SSSR count). The molecule has 0 bridgehead atoms. The monoisotopic (exact) mass is 210 g/mol. The SMILES string of the molecule is CCN(CC1CC1)C(=O)c1cscn1. The molecule has 0 saturated heterocycles. The Balaban J connectivity index is 1.99. The minimum absolute atomic E-state index is 0.0839. The predicted octanol–water partition coefficient (Wildman–Crippen LogP) is 2.02. The van der Waals surface area contributed by atoms with Crippen LogP contribution >= 0.6 is 11.3 Å². The van der Waals surface area contributed by atoms with E-state index in [1.807, 2.05) is 17.2 Å². The van der Waals surface area contributed by atoms with Gasteiger partial charge in [0.25, 0.3) is 5.91 Å². The molecular weight excluding hydrogens is 196 g/mol. The highest BCUT2D eigenvalue weighted by molar-refractivity contribution is 7.07. The summed E-state index contributed by atoms with van der Waals surface area (Å²) < 4.78 is 0. The van der Waals surface area contributed by atoms with Crippen molar-refractivity contribution < 1.29 is 4.79 Å². The Morgan fingerprint density at radius 3 is 3.00 bits per heavy atom. The maximum Gasteiger partial charge on any atom is 0.273 e. The normalized spacial score (nSPS) is 15.5. The van der Waals surface area contributed by atoms with Crippen molar-refractivity contribution in [2.24, 2.45) is 5.92 Å². The second-order valence-corrected chi connectivity index (χ2v) is 4.38.